The van der Waals surface area contributed by atoms with Crippen molar-refractivity contribution in [3.63, 3.8) is 0 Å². The molecule has 0 atom stereocenters. The fraction of sp³-hybridized carbons (Fsp3) is 0.0909. The third-order valence-electron chi connectivity index (χ3n) is 2.21. The van der Waals surface area contributed by atoms with E-state index in [-0.39, 0.29) is 18.1 Å². The van der Waals surface area contributed by atoms with Crippen molar-refractivity contribution in [1.82, 2.24) is 4.57 Å². The van der Waals surface area contributed by atoms with Gasteiger partial charge in [-0.25, -0.2) is 4.39 Å². The largest absolute Gasteiger partial charge is 0.432 e. The van der Waals surface area contributed by atoms with E-state index < -0.39 is 0 Å². The number of hydrogen-bond donors (Lipinski definition) is 0. The summed E-state index contributed by atoms with van der Waals surface area (Å²) in [4.78, 5) is 11.8. The molecule has 0 saturated carbocycles. The van der Waals surface area contributed by atoms with E-state index in [9.17, 15) is 9.18 Å². The summed E-state index contributed by atoms with van der Waals surface area (Å²) < 4.78 is 22.9. The summed E-state index contributed by atoms with van der Waals surface area (Å²) in [5.41, 5.74) is 0.737. The SMILES string of the molecule is O=C(Cn1cco/c1=N\Br)c1ccc(F)cc1. The molecular formula is C11H8BrFN2O2. The molecule has 0 aliphatic carbocycles. The average Bonchev–Trinajstić information content (AvgIpc) is 2.77. The molecule has 6 heteroatoms. The van der Waals surface area contributed by atoms with E-state index >= 15 is 0 Å². The van der Waals surface area contributed by atoms with E-state index in [4.69, 9.17) is 4.42 Å². The number of ketones is 1. The van der Waals surface area contributed by atoms with Crippen molar-refractivity contribution >= 4 is 21.9 Å². The van der Waals surface area contributed by atoms with Crippen molar-refractivity contribution in [2.24, 2.45) is 4.02 Å². The monoisotopic (exact) mass is 298 g/mol. The van der Waals surface area contributed by atoms with Crippen LogP contribution in [0.3, 0.4) is 0 Å². The van der Waals surface area contributed by atoms with Crippen LogP contribution in [-0.4, -0.2) is 10.4 Å². The molecule has 1 heterocycles. The predicted octanol–water partition coefficient (Wildman–Crippen LogP) is 2.31. The normalized spacial score (nSPS) is 11.8. The molecule has 0 bridgehead atoms. The van der Waals surface area contributed by atoms with Crippen LogP contribution in [-0.2, 0) is 6.54 Å². The minimum atomic E-state index is -0.367. The van der Waals surface area contributed by atoms with Crippen LogP contribution in [0.5, 0.6) is 0 Å². The molecule has 88 valence electrons. The zero-order chi connectivity index (χ0) is 12.3. The average molecular weight is 299 g/mol. The highest BCUT2D eigenvalue weighted by molar-refractivity contribution is 9.08. The molecule has 17 heavy (non-hydrogen) atoms. The van der Waals surface area contributed by atoms with Crippen LogP contribution in [0.4, 0.5) is 4.39 Å². The molecule has 2 rings (SSSR count). The third-order valence-corrected chi connectivity index (χ3v) is 2.52. The minimum absolute atomic E-state index is 0.0898. The first-order chi connectivity index (χ1) is 8.20. The number of benzene rings is 1. The van der Waals surface area contributed by atoms with Crippen molar-refractivity contribution in [2.75, 3.05) is 0 Å². The van der Waals surface area contributed by atoms with Gasteiger partial charge in [-0.15, -0.1) is 0 Å². The number of carbonyl (C=O) groups is 1. The van der Waals surface area contributed by atoms with Gasteiger partial charge in [0.05, 0.1) is 22.7 Å². The van der Waals surface area contributed by atoms with E-state index in [2.05, 4.69) is 20.2 Å². The highest BCUT2D eigenvalue weighted by Gasteiger charge is 2.08. The van der Waals surface area contributed by atoms with Gasteiger partial charge in [-0.05, 0) is 24.3 Å². The Balaban J connectivity index is 2.20. The van der Waals surface area contributed by atoms with E-state index in [1.54, 1.807) is 10.8 Å². The Morgan fingerprint density at radius 2 is 2.12 bits per heavy atom. The fourth-order valence-corrected chi connectivity index (χ4v) is 1.65. The van der Waals surface area contributed by atoms with Crippen molar-refractivity contribution in [3.8, 4) is 0 Å². The Morgan fingerprint density at radius 3 is 2.76 bits per heavy atom. The van der Waals surface area contributed by atoms with E-state index in [0.29, 0.717) is 11.2 Å². The maximum absolute atomic E-state index is 12.7. The quantitative estimate of drug-likeness (QED) is 0.817. The van der Waals surface area contributed by atoms with Crippen molar-refractivity contribution in [3.05, 3.63) is 53.8 Å². The number of aromatic nitrogens is 1. The van der Waals surface area contributed by atoms with Crippen molar-refractivity contribution < 1.29 is 13.6 Å². The van der Waals surface area contributed by atoms with E-state index in [0.717, 1.165) is 0 Å². The molecule has 0 radical (unpaired) electrons. The summed E-state index contributed by atoms with van der Waals surface area (Å²) in [5.74, 6) is -0.512. The molecular weight excluding hydrogens is 291 g/mol. The summed E-state index contributed by atoms with van der Waals surface area (Å²) >= 11 is 2.89. The minimum Gasteiger partial charge on any atom is -0.432 e. The van der Waals surface area contributed by atoms with Crippen molar-refractivity contribution in [1.29, 1.82) is 0 Å². The van der Waals surface area contributed by atoms with E-state index in [1.165, 1.54) is 30.5 Å². The van der Waals surface area contributed by atoms with Gasteiger partial charge >= 0.3 is 5.68 Å². The zero-order valence-electron chi connectivity index (χ0n) is 8.64. The molecule has 0 spiro atoms. The summed E-state index contributed by atoms with van der Waals surface area (Å²) in [6, 6.07) is 5.40. The first-order valence-corrected chi connectivity index (χ1v) is 5.49. The van der Waals surface area contributed by atoms with E-state index in [1.807, 2.05) is 0 Å². The second-order valence-corrected chi connectivity index (χ2v) is 3.68. The van der Waals surface area contributed by atoms with Crippen LogP contribution in [0.15, 0.2) is 45.2 Å². The molecule has 0 N–H and O–H groups in total. The number of halogens is 2. The van der Waals surface area contributed by atoms with Gasteiger partial charge in [0.1, 0.15) is 12.1 Å². The second-order valence-electron chi connectivity index (χ2n) is 3.33. The molecule has 0 unspecified atom stereocenters. The Labute approximate surface area is 105 Å². The van der Waals surface area contributed by atoms with Crippen LogP contribution in [0.2, 0.25) is 0 Å². The molecule has 2 aromatic rings. The maximum Gasteiger partial charge on any atom is 0.308 e. The van der Waals surface area contributed by atoms with Gasteiger partial charge in [-0.1, -0.05) is 0 Å². The molecule has 1 aromatic heterocycles. The van der Waals surface area contributed by atoms with Crippen LogP contribution < -0.4 is 5.68 Å². The number of nitrogens with zero attached hydrogens (tertiary/aromatic N) is 2. The number of Topliss-reactive ketones (excluding diaryl/α,β-unsaturated/α-hetero) is 1. The van der Waals surface area contributed by atoms with Gasteiger partial charge in [0.2, 0.25) is 0 Å². The van der Waals surface area contributed by atoms with Gasteiger partial charge in [0, 0.05) is 11.8 Å². The number of rotatable bonds is 3. The Morgan fingerprint density at radius 1 is 1.41 bits per heavy atom. The number of carbonyl (C=O) groups excluding carboxylic acids is 1. The predicted molar refractivity (Wildman–Crippen MR) is 61.9 cm³/mol. The maximum atomic E-state index is 12.7. The lowest BCUT2D eigenvalue weighted by molar-refractivity contribution is 0.0969. The highest BCUT2D eigenvalue weighted by Crippen LogP contribution is 2.04. The highest BCUT2D eigenvalue weighted by atomic mass is 79.9. The summed E-state index contributed by atoms with van der Waals surface area (Å²) in [6.07, 6.45) is 3.03. The Kier molecular flexibility index (Phi) is 3.53. The standard InChI is InChI=1S/C11H8BrFN2O2/c12-14-11-15(5-6-17-11)7-10(16)8-1-3-9(13)4-2-8/h1-6H,7H2/b14-11-. The van der Waals surface area contributed by atoms with Gasteiger partial charge < -0.3 is 4.42 Å². The molecule has 0 aliphatic heterocycles. The number of oxazole rings is 1. The molecule has 0 saturated heterocycles. The topological polar surface area (TPSA) is 47.5 Å². The molecule has 0 aliphatic rings. The van der Waals surface area contributed by atoms with Crippen molar-refractivity contribution in [2.45, 2.75) is 6.54 Å². The third kappa shape index (κ3) is 2.71. The first-order valence-electron chi connectivity index (χ1n) is 4.78. The van der Waals surface area contributed by atoms with Crippen LogP contribution in [0, 0.1) is 5.82 Å². The van der Waals surface area contributed by atoms with Gasteiger partial charge in [-0.3, -0.25) is 9.36 Å². The van der Waals surface area contributed by atoms with Gasteiger partial charge in [0.25, 0.3) is 0 Å². The molecule has 0 amide bonds. The summed E-state index contributed by atoms with van der Waals surface area (Å²) in [6.45, 7) is 0.0898. The summed E-state index contributed by atoms with van der Waals surface area (Å²) in [5, 5.41) is 0. The Hall–Kier alpha value is -1.69. The smallest absolute Gasteiger partial charge is 0.308 e. The van der Waals surface area contributed by atoms with Crippen LogP contribution in [0.1, 0.15) is 10.4 Å². The molecule has 1 aromatic carbocycles. The second kappa shape index (κ2) is 5.09. The first kappa shape index (κ1) is 11.8. The lowest BCUT2D eigenvalue weighted by Crippen LogP contribution is -2.20. The zero-order valence-corrected chi connectivity index (χ0v) is 10.2. The fourth-order valence-electron chi connectivity index (χ4n) is 1.37. The molecule has 0 fully saturated rings. The lowest BCUT2D eigenvalue weighted by atomic mass is 10.1. The molecule has 4 nitrogen and oxygen atoms in total. The van der Waals surface area contributed by atoms with Gasteiger partial charge in [0.15, 0.2) is 5.78 Å². The van der Waals surface area contributed by atoms with Gasteiger partial charge in [-0.2, -0.15) is 4.02 Å². The van der Waals surface area contributed by atoms with Crippen LogP contribution in [0.25, 0.3) is 0 Å². The Bertz CT molecular complexity index is 586. The lowest BCUT2D eigenvalue weighted by Gasteiger charge is -2.01. The summed E-state index contributed by atoms with van der Waals surface area (Å²) in [7, 11) is 0. The van der Waals surface area contributed by atoms with Crippen LogP contribution >= 0.6 is 16.1 Å². The number of hydrogen-bond acceptors (Lipinski definition) is 3.